The number of amides is 1. The number of aromatic hydroxyl groups is 1. The number of hydrogen-bond acceptors (Lipinski definition) is 3. The average Bonchev–Trinajstić information content (AvgIpc) is 2.74. The number of benzene rings is 1. The van der Waals surface area contributed by atoms with Gasteiger partial charge in [-0.05, 0) is 25.5 Å². The molecule has 0 saturated carbocycles. The Hall–Kier alpha value is -1.62. The van der Waals surface area contributed by atoms with Gasteiger partial charge in [0.1, 0.15) is 11.6 Å². The first-order valence-electron chi connectivity index (χ1n) is 5.88. The second-order valence-corrected chi connectivity index (χ2v) is 4.51. The number of likely N-dealkylation sites (N-methyl/N-ethyl adjacent to an activating group) is 1. The van der Waals surface area contributed by atoms with Gasteiger partial charge in [0, 0.05) is 19.7 Å². The van der Waals surface area contributed by atoms with Crippen molar-refractivity contribution in [3.05, 3.63) is 29.6 Å². The highest BCUT2D eigenvalue weighted by Crippen LogP contribution is 2.22. The number of rotatable bonds is 2. The van der Waals surface area contributed by atoms with Gasteiger partial charge in [0.05, 0.1) is 17.7 Å². The summed E-state index contributed by atoms with van der Waals surface area (Å²) >= 11 is 0. The Labute approximate surface area is 105 Å². The van der Waals surface area contributed by atoms with E-state index >= 15 is 0 Å². The molecule has 1 N–H and O–H groups in total. The van der Waals surface area contributed by atoms with E-state index in [-0.39, 0.29) is 23.5 Å². The Balaban J connectivity index is 2.20. The summed E-state index contributed by atoms with van der Waals surface area (Å²) in [5.74, 6) is -1.29. The lowest BCUT2D eigenvalue weighted by molar-refractivity contribution is 0.0571. The Morgan fingerprint density at radius 1 is 1.56 bits per heavy atom. The minimum absolute atomic E-state index is 0.0330. The fourth-order valence-corrected chi connectivity index (χ4v) is 2.25. The Bertz CT molecular complexity index is 464. The van der Waals surface area contributed by atoms with Gasteiger partial charge in [0.2, 0.25) is 0 Å². The Kier molecular flexibility index (Phi) is 3.52. The van der Waals surface area contributed by atoms with E-state index in [1.807, 2.05) is 6.92 Å². The molecule has 1 heterocycles. The van der Waals surface area contributed by atoms with Gasteiger partial charge < -0.3 is 14.7 Å². The van der Waals surface area contributed by atoms with Gasteiger partial charge in [-0.1, -0.05) is 0 Å². The molecule has 1 aromatic carbocycles. The van der Waals surface area contributed by atoms with Gasteiger partial charge in [0.25, 0.3) is 5.91 Å². The van der Waals surface area contributed by atoms with E-state index in [4.69, 9.17) is 9.84 Å². The molecule has 4 nitrogen and oxygen atoms in total. The molecule has 0 aliphatic carbocycles. The molecule has 2 unspecified atom stereocenters. The van der Waals surface area contributed by atoms with Gasteiger partial charge >= 0.3 is 0 Å². The van der Waals surface area contributed by atoms with E-state index in [0.717, 1.165) is 12.5 Å². The maximum absolute atomic E-state index is 13.6. The monoisotopic (exact) mass is 253 g/mol. The molecular weight excluding hydrogens is 237 g/mol. The fourth-order valence-electron chi connectivity index (χ4n) is 2.25. The molecule has 1 saturated heterocycles. The van der Waals surface area contributed by atoms with E-state index in [1.54, 1.807) is 7.05 Å². The zero-order valence-corrected chi connectivity index (χ0v) is 10.4. The number of carbonyl (C=O) groups is 1. The van der Waals surface area contributed by atoms with Crippen LogP contribution in [0.15, 0.2) is 18.2 Å². The summed E-state index contributed by atoms with van der Waals surface area (Å²) < 4.78 is 19.0. The number of nitrogens with zero attached hydrogens (tertiary/aromatic N) is 1. The van der Waals surface area contributed by atoms with Crippen molar-refractivity contribution < 1.29 is 19.0 Å². The van der Waals surface area contributed by atoms with Crippen molar-refractivity contribution in [2.75, 3.05) is 13.7 Å². The van der Waals surface area contributed by atoms with Crippen LogP contribution in [0, 0.1) is 5.82 Å². The smallest absolute Gasteiger partial charge is 0.256 e. The van der Waals surface area contributed by atoms with Crippen molar-refractivity contribution in [1.82, 2.24) is 4.90 Å². The predicted octanol–water partition coefficient (Wildman–Crippen LogP) is 1.78. The summed E-state index contributed by atoms with van der Waals surface area (Å²) in [5, 5.41) is 9.13. The molecule has 0 spiro atoms. The fraction of sp³-hybridized carbons (Fsp3) is 0.462. The largest absolute Gasteiger partial charge is 0.508 e. The third-order valence-electron chi connectivity index (χ3n) is 3.34. The Morgan fingerprint density at radius 3 is 2.83 bits per heavy atom. The summed E-state index contributed by atoms with van der Waals surface area (Å²) in [6.45, 7) is 2.51. The molecule has 0 aromatic heterocycles. The normalized spacial score (nSPS) is 23.1. The van der Waals surface area contributed by atoms with E-state index in [9.17, 15) is 9.18 Å². The van der Waals surface area contributed by atoms with Gasteiger partial charge in [0.15, 0.2) is 0 Å². The molecule has 5 heteroatoms. The molecule has 1 aliphatic rings. The molecule has 0 radical (unpaired) electrons. The first-order chi connectivity index (χ1) is 8.50. The first-order valence-corrected chi connectivity index (χ1v) is 5.88. The van der Waals surface area contributed by atoms with Crippen molar-refractivity contribution >= 4 is 5.91 Å². The van der Waals surface area contributed by atoms with Crippen LogP contribution in [0.4, 0.5) is 4.39 Å². The summed E-state index contributed by atoms with van der Waals surface area (Å²) in [6, 6.07) is 3.50. The molecule has 98 valence electrons. The zero-order chi connectivity index (χ0) is 13.3. The van der Waals surface area contributed by atoms with E-state index in [0.29, 0.717) is 6.61 Å². The lowest BCUT2D eigenvalue weighted by Crippen LogP contribution is -2.41. The van der Waals surface area contributed by atoms with Crippen LogP contribution < -0.4 is 0 Å². The third-order valence-corrected chi connectivity index (χ3v) is 3.34. The van der Waals surface area contributed by atoms with Gasteiger partial charge in [-0.25, -0.2) is 4.39 Å². The topological polar surface area (TPSA) is 49.8 Å². The number of halogens is 1. The van der Waals surface area contributed by atoms with Crippen molar-refractivity contribution in [3.63, 3.8) is 0 Å². The van der Waals surface area contributed by atoms with Crippen LogP contribution in [0.25, 0.3) is 0 Å². The highest BCUT2D eigenvalue weighted by molar-refractivity contribution is 5.94. The third kappa shape index (κ3) is 2.31. The maximum Gasteiger partial charge on any atom is 0.256 e. The quantitative estimate of drug-likeness (QED) is 0.874. The van der Waals surface area contributed by atoms with Crippen LogP contribution in [0.3, 0.4) is 0 Å². The molecule has 1 aromatic rings. The van der Waals surface area contributed by atoms with Gasteiger partial charge in [-0.3, -0.25) is 4.79 Å². The summed E-state index contributed by atoms with van der Waals surface area (Å²) in [4.78, 5) is 13.7. The van der Waals surface area contributed by atoms with E-state index in [1.165, 1.54) is 17.0 Å². The molecule has 18 heavy (non-hydrogen) atoms. The van der Waals surface area contributed by atoms with E-state index in [2.05, 4.69) is 0 Å². The minimum atomic E-state index is -0.710. The van der Waals surface area contributed by atoms with Crippen molar-refractivity contribution in [1.29, 1.82) is 0 Å². The molecule has 2 rings (SSSR count). The highest BCUT2D eigenvalue weighted by atomic mass is 19.1. The summed E-state index contributed by atoms with van der Waals surface area (Å²) in [5.41, 5.74) is -0.0330. The minimum Gasteiger partial charge on any atom is -0.508 e. The van der Waals surface area contributed by atoms with Crippen LogP contribution >= 0.6 is 0 Å². The second-order valence-electron chi connectivity index (χ2n) is 4.51. The second kappa shape index (κ2) is 4.94. The number of phenolic OH excluding ortho intramolecular Hbond substituents is 1. The molecular formula is C13H16FNO3. The molecule has 1 aliphatic heterocycles. The van der Waals surface area contributed by atoms with Gasteiger partial charge in [-0.2, -0.15) is 0 Å². The lowest BCUT2D eigenvalue weighted by atomic mass is 10.1. The summed E-state index contributed by atoms with van der Waals surface area (Å²) in [7, 11) is 1.64. The number of carbonyl (C=O) groups excluding carboxylic acids is 1. The van der Waals surface area contributed by atoms with Crippen LogP contribution in [-0.4, -0.2) is 41.7 Å². The zero-order valence-electron chi connectivity index (χ0n) is 10.4. The lowest BCUT2D eigenvalue weighted by Gasteiger charge is -2.26. The van der Waals surface area contributed by atoms with Gasteiger partial charge in [-0.15, -0.1) is 0 Å². The molecule has 1 fully saturated rings. The average molecular weight is 253 g/mol. The van der Waals surface area contributed by atoms with Crippen molar-refractivity contribution in [2.45, 2.75) is 25.5 Å². The number of ether oxygens (including phenoxy) is 1. The van der Waals surface area contributed by atoms with E-state index < -0.39 is 11.7 Å². The highest BCUT2D eigenvalue weighted by Gasteiger charge is 2.31. The molecule has 0 bridgehead atoms. The van der Waals surface area contributed by atoms with Crippen molar-refractivity contribution in [2.24, 2.45) is 0 Å². The SMILES string of the molecule is CC1OCCC1N(C)C(=O)c1ccc(O)cc1F. The van der Waals surface area contributed by atoms with Crippen LogP contribution in [0.2, 0.25) is 0 Å². The first kappa shape index (κ1) is 12.8. The molecule has 1 amide bonds. The van der Waals surface area contributed by atoms with Crippen molar-refractivity contribution in [3.8, 4) is 5.75 Å². The van der Waals surface area contributed by atoms with Crippen LogP contribution in [0.5, 0.6) is 5.75 Å². The van der Waals surface area contributed by atoms with Crippen LogP contribution in [-0.2, 0) is 4.74 Å². The summed E-state index contributed by atoms with van der Waals surface area (Å²) in [6.07, 6.45) is 0.711. The maximum atomic E-state index is 13.6. The standard InChI is InChI=1S/C13H16FNO3/c1-8-12(5-6-18-8)15(2)13(17)10-4-3-9(16)7-11(10)14/h3-4,7-8,12,16H,5-6H2,1-2H3. The Morgan fingerprint density at radius 2 is 2.28 bits per heavy atom. The van der Waals surface area contributed by atoms with Crippen LogP contribution in [0.1, 0.15) is 23.7 Å². The molecule has 2 atom stereocenters. The number of phenols is 1. The predicted molar refractivity (Wildman–Crippen MR) is 64.0 cm³/mol. The number of hydrogen-bond donors (Lipinski definition) is 1.